The van der Waals surface area contributed by atoms with Crippen LogP contribution in [-0.2, 0) is 0 Å². The van der Waals surface area contributed by atoms with E-state index >= 15 is 0 Å². The maximum Gasteiger partial charge on any atom is 0.238 e. The molecule has 3 aromatic heterocycles. The summed E-state index contributed by atoms with van der Waals surface area (Å²) in [6, 6.07) is 48.5. The molecular weight excluding hydrogens is 514 g/mol. The molecule has 0 aliphatic rings. The van der Waals surface area contributed by atoms with E-state index in [4.69, 9.17) is 14.4 Å². The van der Waals surface area contributed by atoms with Crippen molar-refractivity contribution in [3.63, 3.8) is 0 Å². The Morgan fingerprint density at radius 3 is 1.98 bits per heavy atom. The molecule has 196 valence electrons. The molecule has 6 aromatic carbocycles. The number of hydrogen-bond acceptors (Lipinski definition) is 3. The first kappa shape index (κ1) is 23.0. The van der Waals surface area contributed by atoms with Crippen LogP contribution in [0, 0.1) is 0 Å². The summed E-state index contributed by atoms with van der Waals surface area (Å²) in [6.07, 6.45) is 0. The molecule has 0 bridgehead atoms. The van der Waals surface area contributed by atoms with Gasteiger partial charge in [-0.25, -0.2) is 4.98 Å². The van der Waals surface area contributed by atoms with Crippen molar-refractivity contribution in [2.75, 3.05) is 0 Å². The molecule has 0 aliphatic carbocycles. The Balaban J connectivity index is 1.38. The monoisotopic (exact) mass is 537 g/mol. The Morgan fingerprint density at radius 1 is 0.476 bits per heavy atom. The Hall–Kier alpha value is -5.74. The van der Waals surface area contributed by atoms with Crippen molar-refractivity contribution < 1.29 is 4.42 Å². The first-order valence-electron chi connectivity index (χ1n) is 14.1. The van der Waals surface area contributed by atoms with Crippen molar-refractivity contribution >= 4 is 54.6 Å². The first-order valence-corrected chi connectivity index (χ1v) is 14.1. The van der Waals surface area contributed by atoms with E-state index in [1.165, 1.54) is 21.5 Å². The van der Waals surface area contributed by atoms with Gasteiger partial charge in [-0.05, 0) is 52.2 Å². The van der Waals surface area contributed by atoms with Crippen LogP contribution < -0.4 is 0 Å². The van der Waals surface area contributed by atoms with Gasteiger partial charge in [-0.2, -0.15) is 4.98 Å². The summed E-state index contributed by atoms with van der Waals surface area (Å²) >= 11 is 0. The fourth-order valence-corrected chi connectivity index (χ4v) is 6.25. The van der Waals surface area contributed by atoms with Gasteiger partial charge in [-0.3, -0.25) is 4.57 Å². The first-order chi connectivity index (χ1) is 20.8. The highest BCUT2D eigenvalue weighted by Gasteiger charge is 2.21. The lowest BCUT2D eigenvalue weighted by Crippen LogP contribution is -2.02. The lowest BCUT2D eigenvalue weighted by molar-refractivity contribution is 0.651. The van der Waals surface area contributed by atoms with Crippen molar-refractivity contribution in [1.82, 2.24) is 14.5 Å². The van der Waals surface area contributed by atoms with Gasteiger partial charge in [0.2, 0.25) is 11.7 Å². The summed E-state index contributed by atoms with van der Waals surface area (Å²) in [5, 5.41) is 6.65. The van der Waals surface area contributed by atoms with Crippen LogP contribution in [-0.4, -0.2) is 14.5 Å². The fraction of sp³-hybridized carbons (Fsp3) is 0. The summed E-state index contributed by atoms with van der Waals surface area (Å²) < 4.78 is 8.72. The van der Waals surface area contributed by atoms with Crippen LogP contribution >= 0.6 is 0 Å². The van der Waals surface area contributed by atoms with Crippen LogP contribution in [0.25, 0.3) is 83.0 Å². The van der Waals surface area contributed by atoms with Crippen LogP contribution in [0.4, 0.5) is 0 Å². The number of benzene rings is 6. The van der Waals surface area contributed by atoms with Crippen LogP contribution in [0.15, 0.2) is 144 Å². The number of nitrogens with zero attached hydrogens (tertiary/aromatic N) is 3. The van der Waals surface area contributed by atoms with Crippen LogP contribution in [0.1, 0.15) is 0 Å². The van der Waals surface area contributed by atoms with Crippen molar-refractivity contribution in [1.29, 1.82) is 0 Å². The fourth-order valence-electron chi connectivity index (χ4n) is 6.25. The maximum absolute atomic E-state index is 6.55. The minimum Gasteiger partial charge on any atom is -0.437 e. The quantitative estimate of drug-likeness (QED) is 0.225. The second kappa shape index (κ2) is 8.88. The third-order valence-corrected chi connectivity index (χ3v) is 8.22. The molecule has 0 radical (unpaired) electrons. The van der Waals surface area contributed by atoms with E-state index in [1.807, 2.05) is 24.3 Å². The van der Waals surface area contributed by atoms with Gasteiger partial charge in [0.25, 0.3) is 0 Å². The lowest BCUT2D eigenvalue weighted by Gasteiger charge is -2.10. The van der Waals surface area contributed by atoms with Gasteiger partial charge in [0.1, 0.15) is 5.58 Å². The van der Waals surface area contributed by atoms with E-state index in [0.29, 0.717) is 11.7 Å². The van der Waals surface area contributed by atoms with Crippen molar-refractivity contribution in [3.05, 3.63) is 140 Å². The summed E-state index contributed by atoms with van der Waals surface area (Å²) in [5.74, 6) is 0.588. The Morgan fingerprint density at radius 2 is 1.17 bits per heavy atom. The van der Waals surface area contributed by atoms with Gasteiger partial charge < -0.3 is 4.42 Å². The van der Waals surface area contributed by atoms with Gasteiger partial charge in [0.15, 0.2) is 0 Å². The second-order valence-corrected chi connectivity index (χ2v) is 10.7. The maximum atomic E-state index is 6.55. The van der Waals surface area contributed by atoms with E-state index in [9.17, 15) is 0 Å². The predicted octanol–water partition coefficient (Wildman–Crippen LogP) is 9.96. The van der Waals surface area contributed by atoms with Gasteiger partial charge >= 0.3 is 0 Å². The second-order valence-electron chi connectivity index (χ2n) is 10.7. The molecule has 9 rings (SSSR count). The molecule has 0 atom stereocenters. The molecule has 9 aromatic rings. The summed E-state index contributed by atoms with van der Waals surface area (Å²) in [7, 11) is 0. The van der Waals surface area contributed by atoms with E-state index in [0.717, 1.165) is 49.8 Å². The molecule has 0 fully saturated rings. The Kier molecular flexibility index (Phi) is 4.87. The zero-order valence-corrected chi connectivity index (χ0v) is 22.5. The number of hydrogen-bond donors (Lipinski definition) is 0. The zero-order valence-electron chi connectivity index (χ0n) is 22.5. The summed E-state index contributed by atoms with van der Waals surface area (Å²) in [4.78, 5) is 10.4. The summed E-state index contributed by atoms with van der Waals surface area (Å²) in [6.45, 7) is 0. The van der Waals surface area contributed by atoms with E-state index in [2.05, 4.69) is 120 Å². The smallest absolute Gasteiger partial charge is 0.238 e. The molecule has 0 aliphatic heterocycles. The highest BCUT2D eigenvalue weighted by Crippen LogP contribution is 2.39. The minimum atomic E-state index is 0.575. The van der Waals surface area contributed by atoms with Crippen molar-refractivity contribution in [2.45, 2.75) is 0 Å². The van der Waals surface area contributed by atoms with E-state index in [-0.39, 0.29) is 0 Å². The zero-order chi connectivity index (χ0) is 27.6. The van der Waals surface area contributed by atoms with Crippen LogP contribution in [0.5, 0.6) is 0 Å². The molecule has 0 saturated heterocycles. The van der Waals surface area contributed by atoms with Gasteiger partial charge in [-0.15, -0.1) is 0 Å². The van der Waals surface area contributed by atoms with E-state index < -0.39 is 0 Å². The van der Waals surface area contributed by atoms with Gasteiger partial charge in [0, 0.05) is 21.7 Å². The molecule has 42 heavy (non-hydrogen) atoms. The largest absolute Gasteiger partial charge is 0.437 e. The molecule has 4 heteroatoms. The van der Waals surface area contributed by atoms with Gasteiger partial charge in [0.05, 0.1) is 22.1 Å². The van der Waals surface area contributed by atoms with Crippen molar-refractivity contribution in [3.8, 4) is 28.3 Å². The van der Waals surface area contributed by atoms with Crippen LogP contribution in [0.3, 0.4) is 0 Å². The Bertz CT molecular complexity index is 2460. The molecule has 4 nitrogen and oxygen atoms in total. The molecule has 0 saturated carbocycles. The van der Waals surface area contributed by atoms with E-state index in [1.54, 1.807) is 0 Å². The lowest BCUT2D eigenvalue weighted by atomic mass is 10.0. The highest BCUT2D eigenvalue weighted by molar-refractivity contribution is 6.14. The summed E-state index contributed by atoms with van der Waals surface area (Å²) in [5.41, 5.74) is 7.62. The number of fused-ring (bicyclic) bond motifs is 7. The minimum absolute atomic E-state index is 0.575. The molecular formula is C38H23N3O. The number of rotatable bonds is 3. The molecule has 3 heterocycles. The number of aromatic nitrogens is 3. The molecule has 0 amide bonds. The standard InChI is InChI=1S/C38H23N3O/c1-3-11-24(12-4-1)28-19-20-30-34(23-28)42-37-35(30)36(25-13-5-2-6-14-25)39-38(40-37)41-32-18-10-9-17-29(32)31-21-26-15-7-8-16-27(26)22-33(31)41/h1-23H. The molecule has 0 N–H and O–H groups in total. The topological polar surface area (TPSA) is 43.9 Å². The van der Waals surface area contributed by atoms with Crippen LogP contribution in [0.2, 0.25) is 0 Å². The Labute approximate surface area is 241 Å². The molecule has 0 unspecified atom stereocenters. The predicted molar refractivity (Wildman–Crippen MR) is 172 cm³/mol. The SMILES string of the molecule is c1ccc(-c2ccc3c(c2)oc2nc(-n4c5ccccc5c5cc6ccccc6cc54)nc(-c4ccccc4)c23)cc1. The number of para-hydroxylation sites is 1. The third kappa shape index (κ3) is 3.42. The van der Waals surface area contributed by atoms with Crippen molar-refractivity contribution in [2.24, 2.45) is 0 Å². The average Bonchev–Trinajstić information content (AvgIpc) is 3.58. The van der Waals surface area contributed by atoms with Gasteiger partial charge in [-0.1, -0.05) is 109 Å². The normalized spacial score (nSPS) is 11.8. The average molecular weight is 538 g/mol. The highest BCUT2D eigenvalue weighted by atomic mass is 16.3. The molecule has 0 spiro atoms. The third-order valence-electron chi connectivity index (χ3n) is 8.22. The number of furan rings is 1.